The van der Waals surface area contributed by atoms with E-state index in [9.17, 15) is 9.90 Å². The number of carboxylic acid groups (broad SMARTS) is 1. The van der Waals surface area contributed by atoms with Crippen molar-refractivity contribution in [3.63, 3.8) is 0 Å². The predicted molar refractivity (Wildman–Crippen MR) is 49.4 cm³/mol. The molecule has 1 unspecified atom stereocenters. The Morgan fingerprint density at radius 2 is 1.85 bits per heavy atom. The number of carbonyl (C=O) groups is 1. The fraction of sp³-hybridized carbons (Fsp3) is 0.700. The monoisotopic (exact) mass is 184 g/mol. The second-order valence-electron chi connectivity index (χ2n) is 3.67. The van der Waals surface area contributed by atoms with E-state index >= 15 is 0 Å². The summed E-state index contributed by atoms with van der Waals surface area (Å²) < 4.78 is 0. The Hall–Kier alpha value is -0.830. The van der Waals surface area contributed by atoms with Crippen LogP contribution in [0.5, 0.6) is 0 Å². The topological polar surface area (TPSA) is 57.5 Å². The maximum absolute atomic E-state index is 10.5. The number of rotatable bonds is 3. The lowest BCUT2D eigenvalue weighted by Gasteiger charge is -2.26. The molecule has 74 valence electrons. The Balaban J connectivity index is 2.49. The van der Waals surface area contributed by atoms with Crippen LogP contribution < -0.4 is 0 Å². The molecule has 0 aliphatic heterocycles. The van der Waals surface area contributed by atoms with Gasteiger partial charge in [0.05, 0.1) is 11.7 Å². The van der Waals surface area contributed by atoms with Gasteiger partial charge in [0.25, 0.3) is 0 Å². The largest absolute Gasteiger partial charge is 0.478 e. The number of hydrogen-bond donors (Lipinski definition) is 2. The van der Waals surface area contributed by atoms with Crippen molar-refractivity contribution in [1.82, 2.24) is 0 Å². The highest BCUT2D eigenvalue weighted by atomic mass is 16.4. The summed E-state index contributed by atoms with van der Waals surface area (Å²) >= 11 is 0. The summed E-state index contributed by atoms with van der Waals surface area (Å²) in [5, 5.41) is 18.3. The second-order valence-corrected chi connectivity index (χ2v) is 3.67. The molecular formula is C10H16O3. The van der Waals surface area contributed by atoms with Crippen molar-refractivity contribution in [1.29, 1.82) is 0 Å². The summed E-state index contributed by atoms with van der Waals surface area (Å²) in [4.78, 5) is 10.5. The molecule has 1 fully saturated rings. The molecule has 1 aliphatic rings. The second kappa shape index (κ2) is 4.42. The van der Waals surface area contributed by atoms with Crippen LogP contribution in [0.3, 0.4) is 0 Å². The van der Waals surface area contributed by atoms with Crippen molar-refractivity contribution in [2.75, 3.05) is 0 Å². The number of aliphatic hydroxyl groups is 1. The van der Waals surface area contributed by atoms with Crippen molar-refractivity contribution in [2.45, 2.75) is 38.2 Å². The predicted octanol–water partition coefficient (Wildman–Crippen LogP) is 1.57. The van der Waals surface area contributed by atoms with Crippen LogP contribution in [0.15, 0.2) is 12.2 Å². The molecule has 0 bridgehead atoms. The van der Waals surface area contributed by atoms with E-state index in [1.54, 1.807) is 0 Å². The summed E-state index contributed by atoms with van der Waals surface area (Å²) in [6, 6.07) is 0. The lowest BCUT2D eigenvalue weighted by molar-refractivity contribution is -0.134. The van der Waals surface area contributed by atoms with Crippen LogP contribution in [0, 0.1) is 5.92 Å². The van der Waals surface area contributed by atoms with Crippen molar-refractivity contribution in [3.8, 4) is 0 Å². The van der Waals surface area contributed by atoms with Crippen LogP contribution in [0.1, 0.15) is 32.1 Å². The number of aliphatic carboxylic acids is 1. The first-order chi connectivity index (χ1) is 6.13. The van der Waals surface area contributed by atoms with Gasteiger partial charge in [-0.25, -0.2) is 4.79 Å². The SMILES string of the molecule is C=C(C(=O)O)C(O)C1CCCCC1. The minimum absolute atomic E-state index is 0.0631. The normalized spacial score (nSPS) is 21.0. The number of aliphatic hydroxyl groups excluding tert-OH is 1. The van der Waals surface area contributed by atoms with E-state index in [0.717, 1.165) is 25.7 Å². The third-order valence-corrected chi connectivity index (χ3v) is 2.73. The molecule has 13 heavy (non-hydrogen) atoms. The molecule has 3 nitrogen and oxygen atoms in total. The zero-order chi connectivity index (χ0) is 9.84. The molecule has 1 saturated carbocycles. The standard InChI is InChI=1S/C10H16O3/c1-7(10(12)13)9(11)8-5-3-2-4-6-8/h8-9,11H,1-6H2,(H,12,13). The Labute approximate surface area is 78.1 Å². The zero-order valence-corrected chi connectivity index (χ0v) is 7.70. The van der Waals surface area contributed by atoms with Crippen LogP contribution in [0.2, 0.25) is 0 Å². The van der Waals surface area contributed by atoms with Crippen LogP contribution in [0.4, 0.5) is 0 Å². The average molecular weight is 184 g/mol. The van der Waals surface area contributed by atoms with Crippen LogP contribution in [0.25, 0.3) is 0 Å². The molecule has 2 N–H and O–H groups in total. The molecule has 0 aromatic carbocycles. The maximum atomic E-state index is 10.5. The highest BCUT2D eigenvalue weighted by molar-refractivity contribution is 5.86. The third-order valence-electron chi connectivity index (χ3n) is 2.73. The van der Waals surface area contributed by atoms with E-state index in [-0.39, 0.29) is 11.5 Å². The van der Waals surface area contributed by atoms with Gasteiger partial charge in [0.2, 0.25) is 0 Å². The van der Waals surface area contributed by atoms with Crippen molar-refractivity contribution >= 4 is 5.97 Å². The zero-order valence-electron chi connectivity index (χ0n) is 7.70. The Morgan fingerprint density at radius 3 is 2.31 bits per heavy atom. The van der Waals surface area contributed by atoms with Crippen molar-refractivity contribution < 1.29 is 15.0 Å². The van der Waals surface area contributed by atoms with Gasteiger partial charge in [0.1, 0.15) is 0 Å². The quantitative estimate of drug-likeness (QED) is 0.654. The molecular weight excluding hydrogens is 168 g/mol. The lowest BCUT2D eigenvalue weighted by atomic mass is 9.83. The lowest BCUT2D eigenvalue weighted by Crippen LogP contribution is -2.27. The third kappa shape index (κ3) is 2.56. The summed E-state index contributed by atoms with van der Waals surface area (Å²) in [5.41, 5.74) is -0.0631. The fourth-order valence-electron chi connectivity index (χ4n) is 1.86. The molecule has 0 saturated heterocycles. The summed E-state index contributed by atoms with van der Waals surface area (Å²) in [6.07, 6.45) is 4.38. The van der Waals surface area contributed by atoms with Gasteiger partial charge in [-0.2, -0.15) is 0 Å². The number of hydrogen-bond acceptors (Lipinski definition) is 2. The van der Waals surface area contributed by atoms with E-state index in [1.165, 1.54) is 6.42 Å². The van der Waals surface area contributed by atoms with Gasteiger partial charge in [-0.05, 0) is 18.8 Å². The minimum atomic E-state index is -1.09. The highest BCUT2D eigenvalue weighted by Gasteiger charge is 2.26. The van der Waals surface area contributed by atoms with Gasteiger partial charge in [0.15, 0.2) is 0 Å². The molecule has 0 aromatic rings. The Kier molecular flexibility index (Phi) is 3.48. The number of carboxylic acids is 1. The van der Waals surface area contributed by atoms with Crippen LogP contribution in [-0.2, 0) is 4.79 Å². The molecule has 1 rings (SSSR count). The van der Waals surface area contributed by atoms with E-state index < -0.39 is 12.1 Å². The molecule has 0 amide bonds. The fourth-order valence-corrected chi connectivity index (χ4v) is 1.86. The average Bonchev–Trinajstić information content (AvgIpc) is 2.17. The first-order valence-corrected chi connectivity index (χ1v) is 4.73. The molecule has 0 heterocycles. The van der Waals surface area contributed by atoms with Gasteiger partial charge in [-0.3, -0.25) is 0 Å². The van der Waals surface area contributed by atoms with E-state index in [0.29, 0.717) is 0 Å². The summed E-state index contributed by atoms with van der Waals surface area (Å²) in [7, 11) is 0. The maximum Gasteiger partial charge on any atom is 0.333 e. The highest BCUT2D eigenvalue weighted by Crippen LogP contribution is 2.28. The van der Waals surface area contributed by atoms with E-state index in [2.05, 4.69) is 6.58 Å². The molecule has 1 aliphatic carbocycles. The first kappa shape index (κ1) is 10.3. The van der Waals surface area contributed by atoms with Gasteiger partial charge in [-0.15, -0.1) is 0 Å². The molecule has 1 atom stereocenters. The van der Waals surface area contributed by atoms with Crippen LogP contribution >= 0.6 is 0 Å². The molecule has 0 aromatic heterocycles. The van der Waals surface area contributed by atoms with Crippen LogP contribution in [-0.4, -0.2) is 22.3 Å². The Morgan fingerprint density at radius 1 is 1.31 bits per heavy atom. The minimum Gasteiger partial charge on any atom is -0.478 e. The van der Waals surface area contributed by atoms with Gasteiger partial charge >= 0.3 is 5.97 Å². The van der Waals surface area contributed by atoms with Gasteiger partial charge < -0.3 is 10.2 Å². The van der Waals surface area contributed by atoms with Crippen molar-refractivity contribution in [2.24, 2.45) is 5.92 Å². The smallest absolute Gasteiger partial charge is 0.333 e. The Bertz CT molecular complexity index is 204. The summed E-state index contributed by atoms with van der Waals surface area (Å²) in [6.45, 7) is 3.38. The van der Waals surface area contributed by atoms with Crippen molar-refractivity contribution in [3.05, 3.63) is 12.2 Å². The van der Waals surface area contributed by atoms with E-state index in [4.69, 9.17) is 5.11 Å². The van der Waals surface area contributed by atoms with E-state index in [1.807, 2.05) is 0 Å². The first-order valence-electron chi connectivity index (χ1n) is 4.73. The molecule has 3 heteroatoms. The summed E-state index contributed by atoms with van der Waals surface area (Å²) in [5.74, 6) is -0.976. The molecule has 0 radical (unpaired) electrons. The van der Waals surface area contributed by atoms with Gasteiger partial charge in [0, 0.05) is 0 Å². The molecule has 0 spiro atoms. The van der Waals surface area contributed by atoms with Gasteiger partial charge in [-0.1, -0.05) is 25.8 Å².